The average Bonchev–Trinajstić information content (AvgIpc) is 2.37. The van der Waals surface area contributed by atoms with Crippen LogP contribution in [0.15, 0.2) is 18.2 Å². The standard InChI is InChI=1S/C14H18N2O3/c1-2-15(9-11-4-3-5-11)13-6-7-14(16(18)19)12(8-13)10-17/h6-8,10-11H,2-5,9H2,1H3. The number of nitrogens with zero attached hydrogens (tertiary/aromatic N) is 2. The lowest BCUT2D eigenvalue weighted by molar-refractivity contribution is -0.385. The van der Waals surface area contributed by atoms with Gasteiger partial charge in [0.15, 0.2) is 6.29 Å². The molecule has 1 aliphatic carbocycles. The Hall–Kier alpha value is -1.91. The van der Waals surface area contributed by atoms with Crippen molar-refractivity contribution >= 4 is 17.7 Å². The Labute approximate surface area is 112 Å². The monoisotopic (exact) mass is 262 g/mol. The quantitative estimate of drug-likeness (QED) is 0.449. The number of carbonyl (C=O) groups is 1. The molecule has 0 aliphatic heterocycles. The van der Waals surface area contributed by atoms with E-state index in [9.17, 15) is 14.9 Å². The number of nitro groups is 1. The Morgan fingerprint density at radius 2 is 2.21 bits per heavy atom. The maximum Gasteiger partial charge on any atom is 0.280 e. The predicted molar refractivity (Wildman–Crippen MR) is 73.7 cm³/mol. The van der Waals surface area contributed by atoms with Crippen LogP contribution in [0.25, 0.3) is 0 Å². The molecule has 5 heteroatoms. The van der Waals surface area contributed by atoms with Crippen LogP contribution >= 0.6 is 0 Å². The first-order valence-corrected chi connectivity index (χ1v) is 6.64. The van der Waals surface area contributed by atoms with E-state index in [0.717, 1.165) is 24.7 Å². The lowest BCUT2D eigenvalue weighted by Crippen LogP contribution is -2.32. The highest BCUT2D eigenvalue weighted by Crippen LogP contribution is 2.30. The Morgan fingerprint density at radius 1 is 1.47 bits per heavy atom. The van der Waals surface area contributed by atoms with Gasteiger partial charge in [-0.05, 0) is 37.8 Å². The summed E-state index contributed by atoms with van der Waals surface area (Å²) < 4.78 is 0. The SMILES string of the molecule is CCN(CC1CCC1)c1ccc([N+](=O)[O-])c(C=O)c1. The molecule has 2 rings (SSSR count). The van der Waals surface area contributed by atoms with Gasteiger partial charge in [-0.1, -0.05) is 6.42 Å². The molecule has 19 heavy (non-hydrogen) atoms. The zero-order valence-corrected chi connectivity index (χ0v) is 11.0. The topological polar surface area (TPSA) is 63.4 Å². The normalized spacial score (nSPS) is 14.8. The molecule has 0 atom stereocenters. The summed E-state index contributed by atoms with van der Waals surface area (Å²) >= 11 is 0. The fourth-order valence-electron chi connectivity index (χ4n) is 2.40. The van der Waals surface area contributed by atoms with Crippen LogP contribution < -0.4 is 4.90 Å². The van der Waals surface area contributed by atoms with Crippen LogP contribution in [0.2, 0.25) is 0 Å². The lowest BCUT2D eigenvalue weighted by Gasteiger charge is -2.33. The van der Waals surface area contributed by atoms with E-state index in [0.29, 0.717) is 6.29 Å². The van der Waals surface area contributed by atoms with Crippen molar-refractivity contribution in [2.24, 2.45) is 5.92 Å². The minimum atomic E-state index is -0.518. The van der Waals surface area contributed by atoms with Gasteiger partial charge in [0.1, 0.15) is 0 Å². The molecule has 1 aromatic carbocycles. The number of carbonyl (C=O) groups excluding carboxylic acids is 1. The van der Waals surface area contributed by atoms with Gasteiger partial charge in [0, 0.05) is 24.8 Å². The molecule has 1 fully saturated rings. The van der Waals surface area contributed by atoms with E-state index in [4.69, 9.17) is 0 Å². The number of hydrogen-bond donors (Lipinski definition) is 0. The van der Waals surface area contributed by atoms with Crippen LogP contribution in [0.4, 0.5) is 11.4 Å². The smallest absolute Gasteiger partial charge is 0.280 e. The second-order valence-electron chi connectivity index (χ2n) is 4.95. The molecule has 0 bridgehead atoms. The second kappa shape index (κ2) is 5.82. The molecule has 0 amide bonds. The maximum absolute atomic E-state index is 11.0. The predicted octanol–water partition coefficient (Wildman–Crippen LogP) is 3.03. The molecule has 5 nitrogen and oxygen atoms in total. The fourth-order valence-corrected chi connectivity index (χ4v) is 2.40. The minimum absolute atomic E-state index is 0.126. The summed E-state index contributed by atoms with van der Waals surface area (Å²) in [5, 5.41) is 10.8. The van der Waals surface area contributed by atoms with Crippen LogP contribution in [0.5, 0.6) is 0 Å². The summed E-state index contributed by atoms with van der Waals surface area (Å²) in [6, 6.07) is 4.77. The Morgan fingerprint density at radius 3 is 2.68 bits per heavy atom. The largest absolute Gasteiger partial charge is 0.372 e. The second-order valence-corrected chi connectivity index (χ2v) is 4.95. The molecule has 0 aromatic heterocycles. The van der Waals surface area contributed by atoms with Crippen molar-refractivity contribution in [2.45, 2.75) is 26.2 Å². The third-order valence-corrected chi connectivity index (χ3v) is 3.78. The first-order chi connectivity index (χ1) is 9.15. The Balaban J connectivity index is 2.22. The van der Waals surface area contributed by atoms with Gasteiger partial charge in [0.2, 0.25) is 0 Å². The van der Waals surface area contributed by atoms with E-state index >= 15 is 0 Å². The van der Waals surface area contributed by atoms with Gasteiger partial charge in [0.05, 0.1) is 10.5 Å². The number of rotatable bonds is 6. The van der Waals surface area contributed by atoms with Gasteiger partial charge in [-0.2, -0.15) is 0 Å². The van der Waals surface area contributed by atoms with Gasteiger partial charge in [0.25, 0.3) is 5.69 Å². The van der Waals surface area contributed by atoms with E-state index in [2.05, 4.69) is 11.8 Å². The highest BCUT2D eigenvalue weighted by molar-refractivity contribution is 5.83. The maximum atomic E-state index is 11.0. The van der Waals surface area contributed by atoms with Crippen molar-refractivity contribution in [3.63, 3.8) is 0 Å². The Bertz CT molecular complexity index is 484. The third kappa shape index (κ3) is 2.92. The summed E-state index contributed by atoms with van der Waals surface area (Å²) in [5.41, 5.74) is 0.912. The zero-order chi connectivity index (χ0) is 13.8. The van der Waals surface area contributed by atoms with Gasteiger partial charge in [-0.25, -0.2) is 0 Å². The number of benzene rings is 1. The molecule has 0 saturated heterocycles. The Kier molecular flexibility index (Phi) is 4.14. The summed E-state index contributed by atoms with van der Waals surface area (Å²) in [5.74, 6) is 0.717. The molecule has 0 unspecified atom stereocenters. The van der Waals surface area contributed by atoms with E-state index in [1.54, 1.807) is 12.1 Å². The van der Waals surface area contributed by atoms with E-state index in [1.807, 2.05) is 0 Å². The van der Waals surface area contributed by atoms with E-state index in [1.165, 1.54) is 25.3 Å². The van der Waals surface area contributed by atoms with Gasteiger partial charge in [-0.3, -0.25) is 14.9 Å². The third-order valence-electron chi connectivity index (χ3n) is 3.78. The number of nitro benzene ring substituents is 1. The van der Waals surface area contributed by atoms with Crippen LogP contribution in [0, 0.1) is 16.0 Å². The van der Waals surface area contributed by atoms with Gasteiger partial charge < -0.3 is 4.90 Å². The summed E-state index contributed by atoms with van der Waals surface area (Å²) in [6.45, 7) is 3.86. The average molecular weight is 262 g/mol. The highest BCUT2D eigenvalue weighted by Gasteiger charge is 2.21. The number of anilines is 1. The molecular formula is C14H18N2O3. The molecule has 0 heterocycles. The number of aldehydes is 1. The van der Waals surface area contributed by atoms with Crippen molar-refractivity contribution in [1.82, 2.24) is 0 Å². The van der Waals surface area contributed by atoms with E-state index < -0.39 is 4.92 Å². The molecule has 102 valence electrons. The van der Waals surface area contributed by atoms with Crippen molar-refractivity contribution in [3.05, 3.63) is 33.9 Å². The van der Waals surface area contributed by atoms with Gasteiger partial charge in [-0.15, -0.1) is 0 Å². The van der Waals surface area contributed by atoms with Crippen molar-refractivity contribution in [1.29, 1.82) is 0 Å². The van der Waals surface area contributed by atoms with Crippen LogP contribution in [0.1, 0.15) is 36.5 Å². The highest BCUT2D eigenvalue weighted by atomic mass is 16.6. The summed E-state index contributed by atoms with van der Waals surface area (Å²) in [6.07, 6.45) is 4.36. The minimum Gasteiger partial charge on any atom is -0.372 e. The first kappa shape index (κ1) is 13.5. The molecule has 1 aliphatic rings. The van der Waals surface area contributed by atoms with Crippen LogP contribution in [-0.2, 0) is 0 Å². The molecule has 1 saturated carbocycles. The van der Waals surface area contributed by atoms with Crippen molar-refractivity contribution in [2.75, 3.05) is 18.0 Å². The molecule has 0 radical (unpaired) electrons. The molecule has 0 N–H and O–H groups in total. The van der Waals surface area contributed by atoms with E-state index in [-0.39, 0.29) is 11.3 Å². The van der Waals surface area contributed by atoms with Crippen LogP contribution in [-0.4, -0.2) is 24.3 Å². The molecular weight excluding hydrogens is 244 g/mol. The first-order valence-electron chi connectivity index (χ1n) is 6.64. The summed E-state index contributed by atoms with van der Waals surface area (Å²) in [4.78, 5) is 23.4. The fraction of sp³-hybridized carbons (Fsp3) is 0.500. The molecule has 0 spiro atoms. The van der Waals surface area contributed by atoms with Crippen molar-refractivity contribution in [3.8, 4) is 0 Å². The summed E-state index contributed by atoms with van der Waals surface area (Å²) in [7, 11) is 0. The molecule has 1 aromatic rings. The zero-order valence-electron chi connectivity index (χ0n) is 11.0. The van der Waals surface area contributed by atoms with Crippen molar-refractivity contribution < 1.29 is 9.72 Å². The van der Waals surface area contributed by atoms with Gasteiger partial charge >= 0.3 is 0 Å². The number of hydrogen-bond acceptors (Lipinski definition) is 4. The lowest BCUT2D eigenvalue weighted by atomic mass is 9.85. The van der Waals surface area contributed by atoms with Crippen LogP contribution in [0.3, 0.4) is 0 Å².